The van der Waals surface area contributed by atoms with Crippen molar-refractivity contribution in [1.82, 2.24) is 24.8 Å². The molecule has 0 unspecified atom stereocenters. The first-order chi connectivity index (χ1) is 19.2. The Balaban J connectivity index is 1.17. The van der Waals surface area contributed by atoms with E-state index in [1.807, 2.05) is 42.5 Å². The minimum atomic E-state index is -0.512. The number of nitrogens with zero attached hydrogens (tertiary/aromatic N) is 6. The second kappa shape index (κ2) is 10.9. The van der Waals surface area contributed by atoms with E-state index in [4.69, 9.17) is 10.2 Å². The molecule has 6 rings (SSSR count). The van der Waals surface area contributed by atoms with Crippen LogP contribution in [0.2, 0.25) is 0 Å². The van der Waals surface area contributed by atoms with E-state index in [1.54, 1.807) is 18.3 Å². The summed E-state index contributed by atoms with van der Waals surface area (Å²) in [5.74, 6) is 0.369. The van der Waals surface area contributed by atoms with Gasteiger partial charge in [0.15, 0.2) is 0 Å². The average molecular weight is 516 g/mol. The molecule has 7 nitrogen and oxygen atoms in total. The van der Waals surface area contributed by atoms with Gasteiger partial charge in [0.25, 0.3) is 0 Å². The number of piperidine rings is 1. The standard InChI is InChI=1S/C31H26FN7/c32-31-26-18-25(22-4-2-1-3-5-22)30(37-27(26)10-14-35-31)23-8-6-21(7-9-23)20-39-16-12-24(13-17-39)36-28-11-15-34-29(19-33)38-28/h1-11,14-15,18,24H,12-13,16-17,20H2,(H,34,36,38). The predicted molar refractivity (Wildman–Crippen MR) is 149 cm³/mol. The number of aromatic nitrogens is 4. The number of anilines is 1. The van der Waals surface area contributed by atoms with Crippen LogP contribution in [0.1, 0.15) is 24.2 Å². The van der Waals surface area contributed by atoms with Crippen LogP contribution in [0.4, 0.5) is 10.2 Å². The number of likely N-dealkylation sites (tertiary alicyclic amines) is 1. The second-order valence-corrected chi connectivity index (χ2v) is 9.69. The van der Waals surface area contributed by atoms with Crippen LogP contribution in [0.5, 0.6) is 0 Å². The Morgan fingerprint density at radius 2 is 1.67 bits per heavy atom. The minimum Gasteiger partial charge on any atom is -0.367 e. The second-order valence-electron chi connectivity index (χ2n) is 9.69. The molecule has 1 N–H and O–H groups in total. The number of pyridine rings is 2. The highest BCUT2D eigenvalue weighted by Crippen LogP contribution is 2.34. The summed E-state index contributed by atoms with van der Waals surface area (Å²) in [6.45, 7) is 2.81. The van der Waals surface area contributed by atoms with E-state index in [0.29, 0.717) is 22.8 Å². The molecule has 2 aromatic carbocycles. The van der Waals surface area contributed by atoms with Crippen LogP contribution in [0.3, 0.4) is 0 Å². The van der Waals surface area contributed by atoms with Gasteiger partial charge in [-0.15, -0.1) is 0 Å². The smallest absolute Gasteiger partial charge is 0.234 e. The summed E-state index contributed by atoms with van der Waals surface area (Å²) in [7, 11) is 0. The monoisotopic (exact) mass is 515 g/mol. The first-order valence-corrected chi connectivity index (χ1v) is 13.0. The maximum Gasteiger partial charge on any atom is 0.234 e. The van der Waals surface area contributed by atoms with Gasteiger partial charge in [-0.25, -0.2) is 19.9 Å². The largest absolute Gasteiger partial charge is 0.367 e. The number of benzene rings is 2. The van der Waals surface area contributed by atoms with Crippen LogP contribution in [-0.2, 0) is 6.54 Å². The zero-order valence-corrected chi connectivity index (χ0v) is 21.3. The highest BCUT2D eigenvalue weighted by Gasteiger charge is 2.20. The van der Waals surface area contributed by atoms with E-state index in [0.717, 1.165) is 54.9 Å². The van der Waals surface area contributed by atoms with Gasteiger partial charge in [-0.1, -0.05) is 54.6 Å². The number of hydrogen-bond acceptors (Lipinski definition) is 7. The summed E-state index contributed by atoms with van der Waals surface area (Å²) in [5.41, 5.74) is 5.49. The molecule has 0 aliphatic carbocycles. The highest BCUT2D eigenvalue weighted by atomic mass is 19.1. The Morgan fingerprint density at radius 3 is 2.44 bits per heavy atom. The molecule has 0 bridgehead atoms. The fourth-order valence-corrected chi connectivity index (χ4v) is 5.08. The third-order valence-electron chi connectivity index (χ3n) is 7.11. The van der Waals surface area contributed by atoms with Gasteiger partial charge < -0.3 is 5.32 Å². The normalized spacial score (nSPS) is 14.3. The van der Waals surface area contributed by atoms with Gasteiger partial charge >= 0.3 is 0 Å². The lowest BCUT2D eigenvalue weighted by molar-refractivity contribution is 0.211. The Labute approximate surface area is 226 Å². The Kier molecular flexibility index (Phi) is 6.89. The van der Waals surface area contributed by atoms with E-state index in [9.17, 15) is 4.39 Å². The number of nitrogens with one attached hydrogen (secondary N) is 1. The molecule has 0 saturated carbocycles. The lowest BCUT2D eigenvalue weighted by Crippen LogP contribution is -2.38. The van der Waals surface area contributed by atoms with Gasteiger partial charge in [0.1, 0.15) is 11.9 Å². The lowest BCUT2D eigenvalue weighted by Gasteiger charge is -2.32. The molecular formula is C31H26FN7. The summed E-state index contributed by atoms with van der Waals surface area (Å²) < 4.78 is 14.5. The molecule has 4 heterocycles. The minimum absolute atomic E-state index is 0.180. The van der Waals surface area contributed by atoms with Gasteiger partial charge in [0, 0.05) is 49.2 Å². The molecular weight excluding hydrogens is 489 g/mol. The number of fused-ring (bicyclic) bond motifs is 1. The summed E-state index contributed by atoms with van der Waals surface area (Å²) in [4.78, 5) is 19.3. The van der Waals surface area contributed by atoms with E-state index < -0.39 is 5.95 Å². The van der Waals surface area contributed by atoms with Gasteiger partial charge in [-0.2, -0.15) is 9.65 Å². The van der Waals surface area contributed by atoms with E-state index >= 15 is 0 Å². The SMILES string of the molecule is N#Cc1nccc(NC2CCN(Cc3ccc(-c4nc5ccnc(F)c5cc4-c4ccccc4)cc3)CC2)n1. The van der Waals surface area contributed by atoms with Crippen molar-refractivity contribution in [3.8, 4) is 28.5 Å². The molecule has 192 valence electrons. The quantitative estimate of drug-likeness (QED) is 0.284. The van der Waals surface area contributed by atoms with Gasteiger partial charge in [0.05, 0.1) is 16.6 Å². The third-order valence-corrected chi connectivity index (χ3v) is 7.11. The first kappa shape index (κ1) is 24.6. The summed E-state index contributed by atoms with van der Waals surface area (Å²) in [6, 6.07) is 26.1. The maximum absolute atomic E-state index is 14.5. The van der Waals surface area contributed by atoms with E-state index in [2.05, 4.69) is 49.4 Å². The van der Waals surface area contributed by atoms with Crippen LogP contribution in [-0.4, -0.2) is 44.0 Å². The average Bonchev–Trinajstić information content (AvgIpc) is 2.99. The maximum atomic E-state index is 14.5. The highest BCUT2D eigenvalue weighted by molar-refractivity contribution is 5.91. The zero-order chi connectivity index (χ0) is 26.6. The van der Waals surface area contributed by atoms with Crippen LogP contribution in [0.25, 0.3) is 33.3 Å². The van der Waals surface area contributed by atoms with Crippen molar-refractivity contribution in [2.24, 2.45) is 0 Å². The van der Waals surface area contributed by atoms with Gasteiger partial charge in [-0.05, 0) is 42.2 Å². The summed E-state index contributed by atoms with van der Waals surface area (Å²) in [6.07, 6.45) is 5.06. The molecule has 0 atom stereocenters. The van der Waals surface area contributed by atoms with Crippen LogP contribution >= 0.6 is 0 Å². The molecule has 39 heavy (non-hydrogen) atoms. The molecule has 1 saturated heterocycles. The number of rotatable bonds is 6. The zero-order valence-electron chi connectivity index (χ0n) is 21.3. The van der Waals surface area contributed by atoms with Crippen molar-refractivity contribution in [1.29, 1.82) is 5.26 Å². The molecule has 1 fully saturated rings. The fourth-order valence-electron chi connectivity index (χ4n) is 5.08. The molecule has 1 aliphatic rings. The number of halogens is 1. The van der Waals surface area contributed by atoms with Crippen molar-refractivity contribution in [3.05, 3.63) is 103 Å². The molecule has 5 aromatic rings. The first-order valence-electron chi connectivity index (χ1n) is 13.0. The summed E-state index contributed by atoms with van der Waals surface area (Å²) in [5, 5.41) is 12.9. The number of hydrogen-bond donors (Lipinski definition) is 1. The van der Waals surface area contributed by atoms with Gasteiger partial charge in [-0.3, -0.25) is 4.90 Å². The van der Waals surface area contributed by atoms with Crippen molar-refractivity contribution < 1.29 is 4.39 Å². The third kappa shape index (κ3) is 5.44. The Hall–Kier alpha value is -4.74. The Morgan fingerprint density at radius 1 is 0.897 bits per heavy atom. The van der Waals surface area contributed by atoms with E-state index in [-0.39, 0.29) is 5.82 Å². The molecule has 3 aromatic heterocycles. The molecule has 0 spiro atoms. The predicted octanol–water partition coefficient (Wildman–Crippen LogP) is 5.84. The molecule has 1 aliphatic heterocycles. The van der Waals surface area contributed by atoms with Crippen LogP contribution in [0.15, 0.2) is 85.2 Å². The van der Waals surface area contributed by atoms with Gasteiger partial charge in [0.2, 0.25) is 11.8 Å². The fraction of sp³-hybridized carbons (Fsp3) is 0.194. The Bertz CT molecular complexity index is 1640. The molecule has 0 radical (unpaired) electrons. The van der Waals surface area contributed by atoms with Crippen molar-refractivity contribution in [3.63, 3.8) is 0 Å². The number of nitriles is 1. The van der Waals surface area contributed by atoms with E-state index in [1.165, 1.54) is 11.8 Å². The van der Waals surface area contributed by atoms with Crippen LogP contribution in [0, 0.1) is 17.3 Å². The lowest BCUT2D eigenvalue weighted by atomic mass is 9.97. The van der Waals surface area contributed by atoms with Crippen molar-refractivity contribution in [2.75, 3.05) is 18.4 Å². The molecule has 0 amide bonds. The van der Waals surface area contributed by atoms with Crippen molar-refractivity contribution in [2.45, 2.75) is 25.4 Å². The van der Waals surface area contributed by atoms with Crippen LogP contribution < -0.4 is 5.32 Å². The van der Waals surface area contributed by atoms with Crippen molar-refractivity contribution >= 4 is 16.7 Å². The topological polar surface area (TPSA) is 90.6 Å². The molecule has 8 heteroatoms. The summed E-state index contributed by atoms with van der Waals surface area (Å²) >= 11 is 0.